The molecule has 0 aliphatic carbocycles. The lowest BCUT2D eigenvalue weighted by Gasteiger charge is -2.13. The zero-order chi connectivity index (χ0) is 13.1. The summed E-state index contributed by atoms with van der Waals surface area (Å²) in [6, 6.07) is 7.91. The summed E-state index contributed by atoms with van der Waals surface area (Å²) in [5.74, 6) is 0.462. The molecule has 2 atom stereocenters. The van der Waals surface area contributed by atoms with Crippen LogP contribution in [0.5, 0.6) is 0 Å². The van der Waals surface area contributed by atoms with Crippen molar-refractivity contribution in [3.05, 3.63) is 29.8 Å². The van der Waals surface area contributed by atoms with E-state index < -0.39 is 0 Å². The first kappa shape index (κ1) is 13.1. The summed E-state index contributed by atoms with van der Waals surface area (Å²) in [5.41, 5.74) is 7.86. The van der Waals surface area contributed by atoms with Crippen LogP contribution >= 0.6 is 0 Å². The molecule has 0 aromatic heterocycles. The second-order valence-electron chi connectivity index (χ2n) is 5.23. The van der Waals surface area contributed by atoms with Gasteiger partial charge in [0.15, 0.2) is 0 Å². The smallest absolute Gasteiger partial charge is 0.241 e. The van der Waals surface area contributed by atoms with E-state index in [0.29, 0.717) is 18.9 Å². The molecule has 4 N–H and O–H groups in total. The lowest BCUT2D eigenvalue weighted by atomic mass is 10.0. The van der Waals surface area contributed by atoms with Gasteiger partial charge >= 0.3 is 0 Å². The fourth-order valence-electron chi connectivity index (χ4n) is 2.17. The van der Waals surface area contributed by atoms with Gasteiger partial charge in [-0.1, -0.05) is 26.0 Å². The number of nitrogens with one attached hydrogen (secondary N) is 2. The highest BCUT2D eigenvalue weighted by molar-refractivity contribution is 5.95. The number of carbonyl (C=O) groups is 1. The summed E-state index contributed by atoms with van der Waals surface area (Å²) >= 11 is 0. The summed E-state index contributed by atoms with van der Waals surface area (Å²) in [7, 11) is 0. The summed E-state index contributed by atoms with van der Waals surface area (Å²) in [6.45, 7) is 4.99. The van der Waals surface area contributed by atoms with Gasteiger partial charge < -0.3 is 16.4 Å². The molecule has 0 unspecified atom stereocenters. The van der Waals surface area contributed by atoms with Crippen LogP contribution < -0.4 is 16.4 Å². The second kappa shape index (κ2) is 5.50. The molecule has 4 heteroatoms. The highest BCUT2D eigenvalue weighted by Crippen LogP contribution is 2.19. The minimum absolute atomic E-state index is 0.00357. The van der Waals surface area contributed by atoms with Crippen molar-refractivity contribution in [2.75, 3.05) is 11.9 Å². The minimum atomic E-state index is -0.164. The topological polar surface area (TPSA) is 67.2 Å². The van der Waals surface area contributed by atoms with E-state index in [0.717, 1.165) is 5.69 Å². The molecule has 0 radical (unpaired) electrons. The Hall–Kier alpha value is -1.39. The van der Waals surface area contributed by atoms with Crippen molar-refractivity contribution < 1.29 is 4.79 Å². The Balaban J connectivity index is 2.00. The summed E-state index contributed by atoms with van der Waals surface area (Å²) < 4.78 is 0. The van der Waals surface area contributed by atoms with Crippen LogP contribution in [0.2, 0.25) is 0 Å². The summed E-state index contributed by atoms with van der Waals surface area (Å²) in [5, 5.41) is 6.07. The molecule has 1 heterocycles. The zero-order valence-electron chi connectivity index (χ0n) is 10.9. The predicted molar refractivity (Wildman–Crippen MR) is 73.5 cm³/mol. The van der Waals surface area contributed by atoms with Gasteiger partial charge in [-0.25, -0.2) is 0 Å². The van der Waals surface area contributed by atoms with E-state index in [-0.39, 0.29) is 18.0 Å². The van der Waals surface area contributed by atoms with Crippen LogP contribution in [-0.2, 0) is 4.79 Å². The van der Waals surface area contributed by atoms with Crippen LogP contribution in [0.1, 0.15) is 31.7 Å². The summed E-state index contributed by atoms with van der Waals surface area (Å²) in [6.07, 6.45) is 0.704. The van der Waals surface area contributed by atoms with Crippen LogP contribution in [0.3, 0.4) is 0 Å². The molecule has 1 aromatic rings. The maximum atomic E-state index is 12.0. The average Bonchev–Trinajstić information content (AvgIpc) is 2.76. The van der Waals surface area contributed by atoms with E-state index in [1.54, 1.807) is 0 Å². The van der Waals surface area contributed by atoms with Crippen molar-refractivity contribution in [2.45, 2.75) is 38.3 Å². The molecule has 1 aliphatic rings. The Labute approximate surface area is 108 Å². The van der Waals surface area contributed by atoms with Crippen LogP contribution in [0.4, 0.5) is 5.69 Å². The lowest BCUT2D eigenvalue weighted by Crippen LogP contribution is -2.35. The third-order valence-corrected chi connectivity index (χ3v) is 3.30. The average molecular weight is 247 g/mol. The van der Waals surface area contributed by atoms with Crippen LogP contribution in [-0.4, -0.2) is 24.5 Å². The first-order chi connectivity index (χ1) is 8.56. The number of hydrogen-bond acceptors (Lipinski definition) is 3. The molecule has 1 fully saturated rings. The molecule has 1 aliphatic heterocycles. The molecule has 4 nitrogen and oxygen atoms in total. The van der Waals surface area contributed by atoms with Crippen LogP contribution in [0.15, 0.2) is 24.3 Å². The predicted octanol–water partition coefficient (Wildman–Crippen LogP) is 1.44. The van der Waals surface area contributed by atoms with Gasteiger partial charge in [0.2, 0.25) is 5.91 Å². The van der Waals surface area contributed by atoms with Crippen LogP contribution in [0.25, 0.3) is 0 Å². The van der Waals surface area contributed by atoms with E-state index in [9.17, 15) is 4.79 Å². The van der Waals surface area contributed by atoms with Gasteiger partial charge in [-0.3, -0.25) is 4.79 Å². The van der Waals surface area contributed by atoms with E-state index >= 15 is 0 Å². The van der Waals surface area contributed by atoms with Crippen molar-refractivity contribution in [1.29, 1.82) is 0 Å². The third kappa shape index (κ3) is 3.09. The van der Waals surface area contributed by atoms with E-state index in [1.807, 2.05) is 18.2 Å². The van der Waals surface area contributed by atoms with Gasteiger partial charge in [-0.2, -0.15) is 0 Å². The third-order valence-electron chi connectivity index (χ3n) is 3.30. The number of hydrogen-bond donors (Lipinski definition) is 3. The second-order valence-corrected chi connectivity index (χ2v) is 5.23. The number of rotatable bonds is 3. The SMILES string of the molecule is CC(C)c1cccc(NC(=O)[C@@H]2C[C@H](N)CN2)c1. The van der Waals surface area contributed by atoms with Crippen molar-refractivity contribution in [1.82, 2.24) is 5.32 Å². The molecule has 0 saturated carbocycles. The largest absolute Gasteiger partial charge is 0.326 e. The molecule has 0 spiro atoms. The molecule has 2 rings (SSSR count). The fourth-order valence-corrected chi connectivity index (χ4v) is 2.17. The maximum absolute atomic E-state index is 12.0. The van der Waals surface area contributed by atoms with Crippen molar-refractivity contribution in [3.8, 4) is 0 Å². The van der Waals surface area contributed by atoms with Gasteiger partial charge in [0.1, 0.15) is 0 Å². The highest BCUT2D eigenvalue weighted by atomic mass is 16.2. The highest BCUT2D eigenvalue weighted by Gasteiger charge is 2.27. The Morgan fingerprint density at radius 2 is 2.28 bits per heavy atom. The Kier molecular flexibility index (Phi) is 3.99. The molecule has 1 saturated heterocycles. The molecular weight excluding hydrogens is 226 g/mol. The van der Waals surface area contributed by atoms with Gasteiger partial charge in [0, 0.05) is 18.3 Å². The van der Waals surface area contributed by atoms with Gasteiger partial charge in [0.05, 0.1) is 6.04 Å². The molecule has 98 valence electrons. The first-order valence-electron chi connectivity index (χ1n) is 6.46. The van der Waals surface area contributed by atoms with Crippen molar-refractivity contribution >= 4 is 11.6 Å². The summed E-state index contributed by atoms with van der Waals surface area (Å²) in [4.78, 5) is 12.0. The molecule has 1 amide bonds. The number of benzene rings is 1. The Morgan fingerprint density at radius 1 is 1.50 bits per heavy atom. The Bertz CT molecular complexity index is 431. The van der Waals surface area contributed by atoms with E-state index in [1.165, 1.54) is 5.56 Å². The van der Waals surface area contributed by atoms with E-state index in [2.05, 4.69) is 30.5 Å². The van der Waals surface area contributed by atoms with Crippen LogP contribution in [0, 0.1) is 0 Å². The maximum Gasteiger partial charge on any atom is 0.241 e. The normalized spacial score (nSPS) is 23.3. The van der Waals surface area contributed by atoms with E-state index in [4.69, 9.17) is 5.73 Å². The monoisotopic (exact) mass is 247 g/mol. The minimum Gasteiger partial charge on any atom is -0.326 e. The number of anilines is 1. The number of carbonyl (C=O) groups excluding carboxylic acids is 1. The van der Waals surface area contributed by atoms with Gasteiger partial charge in [-0.15, -0.1) is 0 Å². The molecule has 1 aromatic carbocycles. The Morgan fingerprint density at radius 3 is 2.89 bits per heavy atom. The standard InChI is InChI=1S/C14H21N3O/c1-9(2)10-4-3-5-12(6-10)17-14(18)13-7-11(15)8-16-13/h3-6,9,11,13,16H,7-8,15H2,1-2H3,(H,17,18)/t11-,13-/m0/s1. The lowest BCUT2D eigenvalue weighted by molar-refractivity contribution is -0.117. The van der Waals surface area contributed by atoms with Crippen molar-refractivity contribution in [3.63, 3.8) is 0 Å². The molecular formula is C14H21N3O. The zero-order valence-corrected chi connectivity index (χ0v) is 10.9. The quantitative estimate of drug-likeness (QED) is 0.757. The van der Waals surface area contributed by atoms with Gasteiger partial charge in [0.25, 0.3) is 0 Å². The molecule has 0 bridgehead atoms. The fraction of sp³-hybridized carbons (Fsp3) is 0.500. The van der Waals surface area contributed by atoms with Gasteiger partial charge in [-0.05, 0) is 30.0 Å². The first-order valence-corrected chi connectivity index (χ1v) is 6.46. The number of amides is 1. The molecule has 18 heavy (non-hydrogen) atoms. The number of nitrogens with two attached hydrogens (primary N) is 1. The van der Waals surface area contributed by atoms with Crippen molar-refractivity contribution in [2.24, 2.45) is 5.73 Å².